The van der Waals surface area contributed by atoms with E-state index in [1.54, 1.807) is 5.56 Å². The SMILES string of the molecule is c1ccc(CN2CC3CCCC3c3ccccc32)cc1.c1ccc(CNc2ccccc2)cc1. The van der Waals surface area contributed by atoms with Gasteiger partial charge in [0.05, 0.1) is 0 Å². The summed E-state index contributed by atoms with van der Waals surface area (Å²) >= 11 is 0. The molecule has 2 unspecified atom stereocenters. The quantitative estimate of drug-likeness (QED) is 0.335. The van der Waals surface area contributed by atoms with Gasteiger partial charge in [-0.2, -0.15) is 0 Å². The number of fused-ring (bicyclic) bond motifs is 3. The van der Waals surface area contributed by atoms with Crippen LogP contribution in [-0.2, 0) is 13.1 Å². The van der Waals surface area contributed by atoms with Crippen LogP contribution in [0.2, 0.25) is 0 Å². The number of hydrogen-bond donors (Lipinski definition) is 1. The zero-order valence-corrected chi connectivity index (χ0v) is 19.8. The Bertz CT molecular complexity index is 1100. The molecule has 1 fully saturated rings. The van der Waals surface area contributed by atoms with Crippen LogP contribution >= 0.6 is 0 Å². The van der Waals surface area contributed by atoms with E-state index in [9.17, 15) is 0 Å². The van der Waals surface area contributed by atoms with E-state index in [2.05, 4.69) is 101 Å². The average Bonchev–Trinajstić information content (AvgIpc) is 3.39. The second-order valence-corrected chi connectivity index (χ2v) is 9.43. The van der Waals surface area contributed by atoms with E-state index in [1.165, 1.54) is 42.6 Å². The lowest BCUT2D eigenvalue weighted by atomic mass is 9.83. The highest BCUT2D eigenvalue weighted by atomic mass is 15.1. The highest BCUT2D eigenvalue weighted by molar-refractivity contribution is 5.58. The first-order valence-corrected chi connectivity index (χ1v) is 12.6. The van der Waals surface area contributed by atoms with Crippen LogP contribution in [0.3, 0.4) is 0 Å². The standard InChI is InChI=1S/C19H21N.C13H13N/c1-2-7-15(8-3-1)13-20-14-16-9-6-11-17(16)18-10-4-5-12-19(18)20;1-3-7-12(8-4-1)11-14-13-9-5-2-6-10-13/h1-5,7-8,10,12,16-17H,6,9,11,13-14H2;1-10,14H,11H2. The zero-order valence-electron chi connectivity index (χ0n) is 19.8. The van der Waals surface area contributed by atoms with E-state index in [-0.39, 0.29) is 0 Å². The van der Waals surface area contributed by atoms with E-state index < -0.39 is 0 Å². The van der Waals surface area contributed by atoms with Gasteiger partial charge in [0.2, 0.25) is 0 Å². The summed E-state index contributed by atoms with van der Waals surface area (Å²) in [5, 5.41) is 3.36. The molecule has 2 atom stereocenters. The first-order valence-electron chi connectivity index (χ1n) is 12.6. The molecule has 1 aliphatic heterocycles. The highest BCUT2D eigenvalue weighted by Crippen LogP contribution is 2.47. The van der Waals surface area contributed by atoms with Crippen LogP contribution in [0.15, 0.2) is 115 Å². The molecule has 6 rings (SSSR count). The summed E-state index contributed by atoms with van der Waals surface area (Å²) in [6.45, 7) is 3.16. The van der Waals surface area contributed by atoms with Gasteiger partial charge in [-0.25, -0.2) is 0 Å². The van der Waals surface area contributed by atoms with Crippen molar-refractivity contribution in [2.45, 2.75) is 38.3 Å². The lowest BCUT2D eigenvalue weighted by Gasteiger charge is -2.38. The predicted molar refractivity (Wildman–Crippen MR) is 144 cm³/mol. The Morgan fingerprint density at radius 1 is 0.647 bits per heavy atom. The molecule has 4 aromatic carbocycles. The lowest BCUT2D eigenvalue weighted by Crippen LogP contribution is -2.35. The number of nitrogens with one attached hydrogen (secondary N) is 1. The Hall–Kier alpha value is -3.52. The molecule has 2 nitrogen and oxygen atoms in total. The average molecular weight is 447 g/mol. The van der Waals surface area contributed by atoms with Gasteiger partial charge in [-0.1, -0.05) is 103 Å². The highest BCUT2D eigenvalue weighted by Gasteiger charge is 2.36. The molecule has 0 saturated heterocycles. The molecule has 172 valence electrons. The first kappa shape index (κ1) is 22.3. The Balaban J connectivity index is 0.000000152. The van der Waals surface area contributed by atoms with Gasteiger partial charge in [-0.15, -0.1) is 0 Å². The van der Waals surface area contributed by atoms with E-state index in [0.717, 1.165) is 30.6 Å². The molecule has 1 N–H and O–H groups in total. The minimum Gasteiger partial charge on any atom is -0.381 e. The molecule has 1 saturated carbocycles. The molecule has 1 heterocycles. The fraction of sp³-hybridized carbons (Fsp3) is 0.250. The van der Waals surface area contributed by atoms with Crippen LogP contribution in [0.25, 0.3) is 0 Å². The minimum absolute atomic E-state index is 0.818. The Morgan fingerprint density at radius 3 is 2.00 bits per heavy atom. The summed E-state index contributed by atoms with van der Waals surface area (Å²) in [6, 6.07) is 40.6. The van der Waals surface area contributed by atoms with Crippen molar-refractivity contribution in [1.29, 1.82) is 0 Å². The maximum Gasteiger partial charge on any atom is 0.0429 e. The van der Waals surface area contributed by atoms with Crippen molar-refractivity contribution in [2.24, 2.45) is 5.92 Å². The zero-order chi connectivity index (χ0) is 23.0. The minimum atomic E-state index is 0.818. The topological polar surface area (TPSA) is 15.3 Å². The Labute approximate surface area is 204 Å². The van der Waals surface area contributed by atoms with Crippen molar-refractivity contribution >= 4 is 11.4 Å². The largest absolute Gasteiger partial charge is 0.381 e. The fourth-order valence-electron chi connectivity index (χ4n) is 5.44. The summed E-state index contributed by atoms with van der Waals surface area (Å²) in [4.78, 5) is 2.59. The second-order valence-electron chi connectivity index (χ2n) is 9.43. The molecule has 2 heteroatoms. The van der Waals surface area contributed by atoms with Crippen LogP contribution in [-0.4, -0.2) is 6.54 Å². The molecule has 0 amide bonds. The number of rotatable bonds is 5. The van der Waals surface area contributed by atoms with E-state index in [1.807, 2.05) is 24.3 Å². The van der Waals surface area contributed by atoms with Gasteiger partial charge in [-0.3, -0.25) is 0 Å². The predicted octanol–water partition coefficient (Wildman–Crippen LogP) is 7.89. The van der Waals surface area contributed by atoms with Crippen LogP contribution in [0.1, 0.15) is 41.9 Å². The van der Waals surface area contributed by atoms with E-state index >= 15 is 0 Å². The van der Waals surface area contributed by atoms with Gasteiger partial charge >= 0.3 is 0 Å². The van der Waals surface area contributed by atoms with Gasteiger partial charge in [0.15, 0.2) is 0 Å². The Kier molecular flexibility index (Phi) is 7.25. The van der Waals surface area contributed by atoms with Crippen LogP contribution in [0, 0.1) is 5.92 Å². The number of benzene rings is 4. The molecule has 4 aromatic rings. The number of hydrogen-bond acceptors (Lipinski definition) is 2. The third-order valence-corrected chi connectivity index (χ3v) is 7.12. The van der Waals surface area contributed by atoms with Crippen LogP contribution < -0.4 is 10.2 Å². The third-order valence-electron chi connectivity index (χ3n) is 7.12. The van der Waals surface area contributed by atoms with Crippen LogP contribution in [0.4, 0.5) is 11.4 Å². The van der Waals surface area contributed by atoms with Crippen molar-refractivity contribution in [1.82, 2.24) is 0 Å². The molecular formula is C32H34N2. The van der Waals surface area contributed by atoms with Crippen molar-refractivity contribution in [3.63, 3.8) is 0 Å². The smallest absolute Gasteiger partial charge is 0.0429 e. The number of para-hydroxylation sites is 2. The van der Waals surface area contributed by atoms with Gasteiger partial charge in [0.25, 0.3) is 0 Å². The molecular weight excluding hydrogens is 412 g/mol. The Morgan fingerprint density at radius 2 is 1.26 bits per heavy atom. The molecule has 1 aliphatic carbocycles. The molecule has 0 radical (unpaired) electrons. The maximum atomic E-state index is 3.36. The van der Waals surface area contributed by atoms with Crippen molar-refractivity contribution < 1.29 is 0 Å². The maximum absolute atomic E-state index is 3.36. The summed E-state index contributed by atoms with van der Waals surface area (Å²) < 4.78 is 0. The third kappa shape index (κ3) is 5.51. The van der Waals surface area contributed by atoms with Gasteiger partial charge in [-0.05, 0) is 59.6 Å². The second kappa shape index (κ2) is 11.1. The summed E-state index contributed by atoms with van der Waals surface area (Å²) in [5.74, 6) is 1.69. The van der Waals surface area contributed by atoms with E-state index in [0.29, 0.717) is 0 Å². The lowest BCUT2D eigenvalue weighted by molar-refractivity contribution is 0.452. The van der Waals surface area contributed by atoms with Gasteiger partial charge in [0.1, 0.15) is 0 Å². The van der Waals surface area contributed by atoms with Gasteiger partial charge < -0.3 is 10.2 Å². The van der Waals surface area contributed by atoms with Crippen molar-refractivity contribution in [2.75, 3.05) is 16.8 Å². The van der Waals surface area contributed by atoms with Crippen molar-refractivity contribution in [3.8, 4) is 0 Å². The van der Waals surface area contributed by atoms with Crippen molar-refractivity contribution in [3.05, 3.63) is 132 Å². The molecule has 0 aromatic heterocycles. The summed E-state index contributed by atoms with van der Waals surface area (Å²) in [5.41, 5.74) is 6.95. The normalized spacial score (nSPS) is 18.3. The van der Waals surface area contributed by atoms with Crippen LogP contribution in [0.5, 0.6) is 0 Å². The summed E-state index contributed by atoms with van der Waals surface area (Å²) in [6.07, 6.45) is 4.20. The number of nitrogens with zero attached hydrogens (tertiary/aromatic N) is 1. The summed E-state index contributed by atoms with van der Waals surface area (Å²) in [7, 11) is 0. The number of anilines is 2. The fourth-order valence-corrected chi connectivity index (χ4v) is 5.44. The molecule has 2 aliphatic rings. The van der Waals surface area contributed by atoms with Gasteiger partial charge in [0, 0.05) is 31.0 Å². The molecule has 34 heavy (non-hydrogen) atoms. The van der Waals surface area contributed by atoms with E-state index in [4.69, 9.17) is 0 Å². The first-order chi connectivity index (χ1) is 16.9. The molecule has 0 spiro atoms. The monoisotopic (exact) mass is 446 g/mol. The molecule has 0 bridgehead atoms.